The van der Waals surface area contributed by atoms with Crippen LogP contribution in [0.5, 0.6) is 0 Å². The second kappa shape index (κ2) is 4.05. The molecule has 1 rings (SSSR count). The van der Waals surface area contributed by atoms with Crippen LogP contribution in [-0.4, -0.2) is 17.5 Å². The van der Waals surface area contributed by atoms with Gasteiger partial charge >= 0.3 is 0 Å². The Morgan fingerprint density at radius 2 is 2.15 bits per heavy atom. The molecule has 0 aromatic carbocycles. The first kappa shape index (κ1) is 10.5. The Hall–Kier alpha value is -0.630. The van der Waals surface area contributed by atoms with Gasteiger partial charge < -0.3 is 4.74 Å². The summed E-state index contributed by atoms with van der Waals surface area (Å²) in [4.78, 5) is 11.2. The Morgan fingerprint density at radius 1 is 1.54 bits per heavy atom. The normalized spacial score (nSPS) is 24.0. The van der Waals surface area contributed by atoms with Gasteiger partial charge in [-0.1, -0.05) is 6.08 Å². The van der Waals surface area contributed by atoms with Crippen LogP contribution in [0.3, 0.4) is 0 Å². The number of rotatable bonds is 6. The van der Waals surface area contributed by atoms with Crippen LogP contribution < -0.4 is 0 Å². The average Bonchev–Trinajstić information content (AvgIpc) is 2.67. The lowest BCUT2D eigenvalue weighted by Crippen LogP contribution is -2.05. The smallest absolute Gasteiger partial charge is 0.133 e. The Labute approximate surface area is 80.0 Å². The fourth-order valence-corrected chi connectivity index (χ4v) is 1.42. The number of ketones is 1. The topological polar surface area (TPSA) is 29.6 Å². The first-order chi connectivity index (χ1) is 6.06. The maximum Gasteiger partial charge on any atom is 0.133 e. The van der Waals surface area contributed by atoms with Crippen LogP contribution in [-0.2, 0) is 9.53 Å². The highest BCUT2D eigenvalue weighted by molar-refractivity contribution is 5.78. The second-order valence-electron chi connectivity index (χ2n) is 4.11. The SMILES string of the molecule is C=CCCC(=O)CCC1OC1(C)C. The van der Waals surface area contributed by atoms with Crippen molar-refractivity contribution in [3.05, 3.63) is 12.7 Å². The summed E-state index contributed by atoms with van der Waals surface area (Å²) in [5.41, 5.74) is 0.0265. The van der Waals surface area contributed by atoms with E-state index in [0.29, 0.717) is 24.7 Å². The van der Waals surface area contributed by atoms with Crippen molar-refractivity contribution in [2.45, 2.75) is 51.2 Å². The van der Waals surface area contributed by atoms with Crippen LogP contribution in [0.15, 0.2) is 12.7 Å². The Kier molecular flexibility index (Phi) is 3.26. The van der Waals surface area contributed by atoms with E-state index in [1.165, 1.54) is 0 Å². The van der Waals surface area contributed by atoms with Crippen molar-refractivity contribution < 1.29 is 9.53 Å². The third-order valence-corrected chi connectivity index (χ3v) is 2.48. The Bertz CT molecular complexity index is 206. The van der Waals surface area contributed by atoms with E-state index < -0.39 is 0 Å². The number of Topliss-reactive ketones (excluding diaryl/α,β-unsaturated/α-hetero) is 1. The maximum absolute atomic E-state index is 11.2. The van der Waals surface area contributed by atoms with Crippen molar-refractivity contribution in [1.29, 1.82) is 0 Å². The molecular formula is C11H18O2. The lowest BCUT2D eigenvalue weighted by Gasteiger charge is -1.97. The van der Waals surface area contributed by atoms with E-state index >= 15 is 0 Å². The molecule has 2 heteroatoms. The molecule has 0 saturated carbocycles. The second-order valence-corrected chi connectivity index (χ2v) is 4.11. The molecule has 0 radical (unpaired) electrons. The van der Waals surface area contributed by atoms with Gasteiger partial charge in [0.1, 0.15) is 5.78 Å². The van der Waals surface area contributed by atoms with Gasteiger partial charge in [0.05, 0.1) is 11.7 Å². The van der Waals surface area contributed by atoms with Crippen LogP contribution in [0.4, 0.5) is 0 Å². The van der Waals surface area contributed by atoms with Crippen LogP contribution in [0, 0.1) is 0 Å². The summed E-state index contributed by atoms with van der Waals surface area (Å²) in [6.45, 7) is 7.71. The number of carbonyl (C=O) groups is 1. The van der Waals surface area contributed by atoms with Gasteiger partial charge in [0.25, 0.3) is 0 Å². The number of hydrogen-bond donors (Lipinski definition) is 0. The number of epoxide rings is 1. The first-order valence-corrected chi connectivity index (χ1v) is 4.86. The van der Waals surface area contributed by atoms with Gasteiger partial charge in [-0.15, -0.1) is 6.58 Å². The van der Waals surface area contributed by atoms with Crippen LogP contribution in [0.2, 0.25) is 0 Å². The molecule has 0 spiro atoms. The highest BCUT2D eigenvalue weighted by atomic mass is 16.6. The molecule has 2 nitrogen and oxygen atoms in total. The lowest BCUT2D eigenvalue weighted by molar-refractivity contribution is -0.119. The monoisotopic (exact) mass is 182 g/mol. The molecule has 1 atom stereocenters. The molecule has 0 aromatic rings. The highest BCUT2D eigenvalue weighted by Crippen LogP contribution is 2.38. The number of carbonyl (C=O) groups excluding carboxylic acids is 1. The molecular weight excluding hydrogens is 164 g/mol. The fourth-order valence-electron chi connectivity index (χ4n) is 1.42. The lowest BCUT2D eigenvalue weighted by atomic mass is 10.0. The van der Waals surface area contributed by atoms with E-state index in [0.717, 1.165) is 12.8 Å². The van der Waals surface area contributed by atoms with Gasteiger partial charge in [0.15, 0.2) is 0 Å². The van der Waals surface area contributed by atoms with Gasteiger partial charge in [-0.25, -0.2) is 0 Å². The molecule has 0 bridgehead atoms. The summed E-state index contributed by atoms with van der Waals surface area (Å²) in [5, 5.41) is 0. The number of ether oxygens (including phenoxy) is 1. The Balaban J connectivity index is 2.06. The van der Waals surface area contributed by atoms with E-state index in [4.69, 9.17) is 4.74 Å². The molecule has 0 amide bonds. The first-order valence-electron chi connectivity index (χ1n) is 4.86. The van der Waals surface area contributed by atoms with E-state index in [2.05, 4.69) is 20.4 Å². The molecule has 0 N–H and O–H groups in total. The summed E-state index contributed by atoms with van der Waals surface area (Å²) < 4.78 is 5.39. The van der Waals surface area contributed by atoms with E-state index in [1.54, 1.807) is 6.08 Å². The van der Waals surface area contributed by atoms with Crippen molar-refractivity contribution >= 4 is 5.78 Å². The molecule has 0 aliphatic carbocycles. The molecule has 1 saturated heterocycles. The third-order valence-electron chi connectivity index (χ3n) is 2.48. The predicted molar refractivity (Wildman–Crippen MR) is 52.6 cm³/mol. The molecule has 1 aliphatic rings. The summed E-state index contributed by atoms with van der Waals surface area (Å²) in [5.74, 6) is 0.325. The minimum absolute atomic E-state index is 0.0265. The van der Waals surface area contributed by atoms with Crippen molar-refractivity contribution in [2.75, 3.05) is 0 Å². The maximum atomic E-state index is 11.2. The molecule has 74 valence electrons. The van der Waals surface area contributed by atoms with Gasteiger partial charge in [0.2, 0.25) is 0 Å². The molecule has 1 aliphatic heterocycles. The predicted octanol–water partition coefficient (Wildman–Crippen LogP) is 2.48. The van der Waals surface area contributed by atoms with E-state index in [9.17, 15) is 4.79 Å². The standard InChI is InChI=1S/C11H18O2/c1-4-5-6-9(12)7-8-10-11(2,3)13-10/h4,10H,1,5-8H2,2-3H3. The Morgan fingerprint density at radius 3 is 2.62 bits per heavy atom. The largest absolute Gasteiger partial charge is 0.367 e. The van der Waals surface area contributed by atoms with E-state index in [-0.39, 0.29) is 5.60 Å². The fraction of sp³-hybridized carbons (Fsp3) is 0.727. The minimum Gasteiger partial charge on any atom is -0.367 e. The quantitative estimate of drug-likeness (QED) is 0.466. The molecule has 1 heterocycles. The molecule has 0 aromatic heterocycles. The van der Waals surface area contributed by atoms with Crippen LogP contribution in [0.25, 0.3) is 0 Å². The zero-order valence-corrected chi connectivity index (χ0v) is 8.51. The minimum atomic E-state index is 0.0265. The van der Waals surface area contributed by atoms with E-state index in [1.807, 2.05) is 0 Å². The molecule has 13 heavy (non-hydrogen) atoms. The van der Waals surface area contributed by atoms with Crippen LogP contribution >= 0.6 is 0 Å². The van der Waals surface area contributed by atoms with Crippen molar-refractivity contribution in [2.24, 2.45) is 0 Å². The van der Waals surface area contributed by atoms with Crippen molar-refractivity contribution in [3.63, 3.8) is 0 Å². The third kappa shape index (κ3) is 3.31. The molecule has 1 unspecified atom stereocenters. The van der Waals surface area contributed by atoms with Gasteiger partial charge in [-0.05, 0) is 26.7 Å². The summed E-state index contributed by atoms with van der Waals surface area (Å²) in [6, 6.07) is 0. The van der Waals surface area contributed by atoms with Crippen molar-refractivity contribution in [3.8, 4) is 0 Å². The van der Waals surface area contributed by atoms with Gasteiger partial charge in [0, 0.05) is 12.8 Å². The van der Waals surface area contributed by atoms with Crippen molar-refractivity contribution in [1.82, 2.24) is 0 Å². The summed E-state index contributed by atoms with van der Waals surface area (Å²) in [6.07, 6.45) is 5.06. The summed E-state index contributed by atoms with van der Waals surface area (Å²) >= 11 is 0. The number of hydrogen-bond acceptors (Lipinski definition) is 2. The van der Waals surface area contributed by atoms with Gasteiger partial charge in [-0.3, -0.25) is 4.79 Å². The highest BCUT2D eigenvalue weighted by Gasteiger charge is 2.47. The summed E-state index contributed by atoms with van der Waals surface area (Å²) in [7, 11) is 0. The molecule has 1 fully saturated rings. The average molecular weight is 182 g/mol. The van der Waals surface area contributed by atoms with Crippen LogP contribution in [0.1, 0.15) is 39.5 Å². The van der Waals surface area contributed by atoms with Gasteiger partial charge in [-0.2, -0.15) is 0 Å². The zero-order chi connectivity index (χ0) is 9.90. The number of allylic oxidation sites excluding steroid dienone is 1. The zero-order valence-electron chi connectivity index (χ0n) is 8.51.